The van der Waals surface area contributed by atoms with Crippen molar-refractivity contribution in [1.29, 1.82) is 0 Å². The molecular weight excluding hydrogens is 348 g/mol. The first-order valence-electron chi connectivity index (χ1n) is 8.97. The Morgan fingerprint density at radius 2 is 1.19 bits per heavy atom. The van der Waals surface area contributed by atoms with Gasteiger partial charge in [-0.1, -0.05) is 103 Å². The van der Waals surface area contributed by atoms with Crippen LogP contribution in [0.1, 0.15) is 22.2 Å². The van der Waals surface area contributed by atoms with E-state index >= 15 is 0 Å². The first-order chi connectivity index (χ1) is 13.3. The molecule has 1 aromatic heterocycles. The molecule has 0 aliphatic rings. The third kappa shape index (κ3) is 4.26. The molecule has 0 bridgehead atoms. The normalized spacial score (nSPS) is 10.9. The Balaban J connectivity index is 1.73. The maximum absolute atomic E-state index is 4.70. The smallest absolute Gasteiger partial charge is 0.127 e. The molecule has 0 unspecified atom stereocenters. The van der Waals surface area contributed by atoms with Crippen molar-refractivity contribution in [3.63, 3.8) is 0 Å². The summed E-state index contributed by atoms with van der Waals surface area (Å²) in [7, 11) is 0. The molecule has 2 nitrogen and oxygen atoms in total. The Labute approximate surface area is 164 Å². The highest BCUT2D eigenvalue weighted by molar-refractivity contribution is 7.99. The second-order valence-electron chi connectivity index (χ2n) is 6.32. The van der Waals surface area contributed by atoms with Crippen molar-refractivity contribution in [3.8, 4) is 11.3 Å². The predicted molar refractivity (Wildman–Crippen MR) is 113 cm³/mol. The number of nitrogens with zero attached hydrogens (tertiary/aromatic N) is 2. The van der Waals surface area contributed by atoms with Crippen molar-refractivity contribution in [3.05, 3.63) is 114 Å². The molecular formula is C24H20N2S. The van der Waals surface area contributed by atoms with Gasteiger partial charge in [-0.05, 0) is 24.1 Å². The summed E-state index contributed by atoms with van der Waals surface area (Å²) in [5, 5.41) is 1.17. The Kier molecular flexibility index (Phi) is 5.31. The summed E-state index contributed by atoms with van der Waals surface area (Å²) >= 11 is 1.77. The van der Waals surface area contributed by atoms with Crippen LogP contribution in [-0.2, 0) is 0 Å². The highest BCUT2D eigenvalue weighted by Crippen LogP contribution is 2.40. The minimum Gasteiger partial charge on any atom is -0.233 e. The van der Waals surface area contributed by atoms with E-state index in [0.717, 1.165) is 22.1 Å². The van der Waals surface area contributed by atoms with Gasteiger partial charge in [0, 0.05) is 5.56 Å². The quantitative estimate of drug-likeness (QED) is 0.304. The molecule has 0 atom stereocenters. The van der Waals surface area contributed by atoms with Crippen molar-refractivity contribution in [2.75, 3.05) is 0 Å². The molecule has 0 saturated heterocycles. The fourth-order valence-electron chi connectivity index (χ4n) is 3.06. The number of hydrogen-bond donors (Lipinski definition) is 0. The van der Waals surface area contributed by atoms with Gasteiger partial charge in [0.1, 0.15) is 10.9 Å². The van der Waals surface area contributed by atoms with Crippen LogP contribution < -0.4 is 0 Å². The number of thioether (sulfide) groups is 1. The summed E-state index contributed by atoms with van der Waals surface area (Å²) in [6.45, 7) is 1.95. The van der Waals surface area contributed by atoms with Crippen molar-refractivity contribution in [2.24, 2.45) is 0 Å². The van der Waals surface area contributed by atoms with Crippen molar-refractivity contribution in [2.45, 2.75) is 17.2 Å². The number of aromatic nitrogens is 2. The Bertz CT molecular complexity index is 963. The minimum atomic E-state index is 0.185. The van der Waals surface area contributed by atoms with Gasteiger partial charge < -0.3 is 0 Å². The second kappa shape index (κ2) is 8.19. The molecule has 0 aliphatic carbocycles. The lowest BCUT2D eigenvalue weighted by Crippen LogP contribution is -1.99. The molecule has 0 N–H and O–H groups in total. The van der Waals surface area contributed by atoms with Crippen molar-refractivity contribution in [1.82, 2.24) is 9.97 Å². The lowest BCUT2D eigenvalue weighted by atomic mass is 10.0. The first kappa shape index (κ1) is 17.5. The van der Waals surface area contributed by atoms with E-state index < -0.39 is 0 Å². The van der Waals surface area contributed by atoms with Gasteiger partial charge >= 0.3 is 0 Å². The van der Waals surface area contributed by atoms with E-state index in [1.165, 1.54) is 11.1 Å². The van der Waals surface area contributed by atoms with Crippen LogP contribution in [0.15, 0.2) is 102 Å². The summed E-state index contributed by atoms with van der Waals surface area (Å²) in [5.74, 6) is 0.790. The van der Waals surface area contributed by atoms with Gasteiger partial charge in [-0.15, -0.1) is 0 Å². The molecule has 0 radical (unpaired) electrons. The highest BCUT2D eigenvalue weighted by Gasteiger charge is 2.17. The van der Waals surface area contributed by atoms with E-state index in [0.29, 0.717) is 0 Å². The fraction of sp³-hybridized carbons (Fsp3) is 0.0833. The molecule has 4 aromatic rings. The zero-order valence-electron chi connectivity index (χ0n) is 15.1. The molecule has 3 heteroatoms. The van der Waals surface area contributed by atoms with Gasteiger partial charge in [0.05, 0.1) is 10.9 Å². The van der Waals surface area contributed by atoms with Crippen LogP contribution >= 0.6 is 11.8 Å². The van der Waals surface area contributed by atoms with Gasteiger partial charge in [0.2, 0.25) is 0 Å². The molecule has 132 valence electrons. The Morgan fingerprint density at radius 3 is 1.74 bits per heavy atom. The second-order valence-corrected chi connectivity index (χ2v) is 7.45. The lowest BCUT2D eigenvalue weighted by molar-refractivity contribution is 0.967. The van der Waals surface area contributed by atoms with E-state index in [4.69, 9.17) is 4.98 Å². The molecule has 0 aliphatic heterocycles. The van der Waals surface area contributed by atoms with Gasteiger partial charge in [-0.2, -0.15) is 0 Å². The van der Waals surface area contributed by atoms with Crippen LogP contribution in [0.5, 0.6) is 0 Å². The topological polar surface area (TPSA) is 25.8 Å². The standard InChI is InChI=1S/C24H20N2S/c1-18-25-22(19-11-5-2-6-12-19)17-23(26-18)27-24(20-13-7-3-8-14-20)21-15-9-4-10-16-21/h2-17,24H,1H3. The van der Waals surface area contributed by atoms with E-state index in [2.05, 4.69) is 83.8 Å². The first-order valence-corrected chi connectivity index (χ1v) is 9.85. The summed E-state index contributed by atoms with van der Waals surface area (Å²) in [4.78, 5) is 9.33. The lowest BCUT2D eigenvalue weighted by Gasteiger charge is -2.18. The van der Waals surface area contributed by atoms with Crippen LogP contribution in [0.2, 0.25) is 0 Å². The van der Waals surface area contributed by atoms with Gasteiger partial charge in [-0.25, -0.2) is 9.97 Å². The average Bonchev–Trinajstić information content (AvgIpc) is 2.73. The Morgan fingerprint density at radius 1 is 0.667 bits per heavy atom. The number of aryl methyl sites for hydroxylation is 1. The maximum atomic E-state index is 4.70. The molecule has 27 heavy (non-hydrogen) atoms. The summed E-state index contributed by atoms with van der Waals surface area (Å²) in [6, 6.07) is 33.5. The third-order valence-corrected chi connectivity index (χ3v) is 5.56. The molecule has 0 amide bonds. The monoisotopic (exact) mass is 368 g/mol. The van der Waals surface area contributed by atoms with Gasteiger partial charge in [0.25, 0.3) is 0 Å². The molecule has 4 rings (SSSR count). The van der Waals surface area contributed by atoms with Crippen LogP contribution in [0, 0.1) is 6.92 Å². The molecule has 1 heterocycles. The molecule has 0 fully saturated rings. The molecule has 3 aromatic carbocycles. The van der Waals surface area contributed by atoms with E-state index in [1.54, 1.807) is 11.8 Å². The van der Waals surface area contributed by atoms with Crippen LogP contribution in [0.3, 0.4) is 0 Å². The Hall–Kier alpha value is -2.91. The van der Waals surface area contributed by atoms with E-state index in [1.807, 2.05) is 25.1 Å². The van der Waals surface area contributed by atoms with Gasteiger partial charge in [-0.3, -0.25) is 0 Å². The van der Waals surface area contributed by atoms with Crippen molar-refractivity contribution < 1.29 is 0 Å². The number of benzene rings is 3. The zero-order chi connectivity index (χ0) is 18.5. The maximum Gasteiger partial charge on any atom is 0.127 e. The SMILES string of the molecule is Cc1nc(SC(c2ccccc2)c2ccccc2)cc(-c2ccccc2)n1. The summed E-state index contributed by atoms with van der Waals surface area (Å²) < 4.78 is 0. The summed E-state index contributed by atoms with van der Waals surface area (Å²) in [6.07, 6.45) is 0. The number of hydrogen-bond acceptors (Lipinski definition) is 3. The predicted octanol–water partition coefficient (Wildman–Crippen LogP) is 6.33. The van der Waals surface area contributed by atoms with Crippen LogP contribution in [-0.4, -0.2) is 9.97 Å². The molecule has 0 spiro atoms. The molecule has 0 saturated carbocycles. The van der Waals surface area contributed by atoms with Crippen molar-refractivity contribution >= 4 is 11.8 Å². The summed E-state index contributed by atoms with van der Waals surface area (Å²) in [5.41, 5.74) is 4.61. The highest BCUT2D eigenvalue weighted by atomic mass is 32.2. The average molecular weight is 369 g/mol. The van der Waals surface area contributed by atoms with Crippen LogP contribution in [0.25, 0.3) is 11.3 Å². The van der Waals surface area contributed by atoms with Gasteiger partial charge in [0.15, 0.2) is 0 Å². The van der Waals surface area contributed by atoms with E-state index in [9.17, 15) is 0 Å². The fourth-order valence-corrected chi connectivity index (χ4v) is 4.25. The largest absolute Gasteiger partial charge is 0.233 e. The van der Waals surface area contributed by atoms with E-state index in [-0.39, 0.29) is 5.25 Å². The minimum absolute atomic E-state index is 0.185. The number of rotatable bonds is 5. The third-order valence-electron chi connectivity index (χ3n) is 4.33. The zero-order valence-corrected chi connectivity index (χ0v) is 15.9. The van der Waals surface area contributed by atoms with Crippen LogP contribution in [0.4, 0.5) is 0 Å².